The highest BCUT2D eigenvalue weighted by Crippen LogP contribution is 2.29. The predicted molar refractivity (Wildman–Crippen MR) is 79.6 cm³/mol. The van der Waals surface area contributed by atoms with Crippen molar-refractivity contribution in [2.24, 2.45) is 5.92 Å². The minimum atomic E-state index is -0.432. The maximum atomic E-state index is 12.3. The van der Waals surface area contributed by atoms with Gasteiger partial charge < -0.3 is 20.6 Å². The zero-order valence-electron chi connectivity index (χ0n) is 12.6. The molecule has 0 radical (unpaired) electrons. The summed E-state index contributed by atoms with van der Waals surface area (Å²) < 4.78 is 0. The van der Waals surface area contributed by atoms with Crippen LogP contribution in [0.2, 0.25) is 0 Å². The van der Waals surface area contributed by atoms with Crippen LogP contribution in [0.4, 0.5) is 4.79 Å². The summed E-state index contributed by atoms with van der Waals surface area (Å²) in [5.74, 6) is 0.343. The van der Waals surface area contributed by atoms with E-state index in [2.05, 4.69) is 10.6 Å². The molecule has 20 heavy (non-hydrogen) atoms. The average Bonchev–Trinajstić information content (AvgIpc) is 3.01. The Kier molecular flexibility index (Phi) is 6.10. The summed E-state index contributed by atoms with van der Waals surface area (Å²) in [5, 5.41) is 16.6. The number of aliphatic hydroxyl groups is 1. The van der Waals surface area contributed by atoms with Crippen molar-refractivity contribution in [3.8, 4) is 0 Å². The Balaban J connectivity index is 1.88. The minimum Gasteiger partial charge on any atom is -0.391 e. The fourth-order valence-corrected chi connectivity index (χ4v) is 3.45. The molecule has 0 aromatic heterocycles. The van der Waals surface area contributed by atoms with Crippen molar-refractivity contribution < 1.29 is 9.90 Å². The Labute approximate surface area is 122 Å². The molecule has 1 saturated heterocycles. The summed E-state index contributed by atoms with van der Waals surface area (Å²) in [6.45, 7) is 2.31. The number of aliphatic hydroxyl groups excluding tert-OH is 1. The molecule has 3 N–H and O–H groups in total. The number of hydrogen-bond donors (Lipinski definition) is 3. The molecule has 0 unspecified atom stereocenters. The van der Waals surface area contributed by atoms with Gasteiger partial charge in [0.05, 0.1) is 12.1 Å². The number of carbonyl (C=O) groups excluding carboxylic acids is 1. The van der Waals surface area contributed by atoms with Crippen LogP contribution < -0.4 is 10.6 Å². The van der Waals surface area contributed by atoms with E-state index in [-0.39, 0.29) is 12.1 Å². The lowest BCUT2D eigenvalue weighted by molar-refractivity contribution is 0.0705. The van der Waals surface area contributed by atoms with Crippen LogP contribution in [0.15, 0.2) is 0 Å². The first kappa shape index (κ1) is 15.6. The van der Waals surface area contributed by atoms with Gasteiger partial charge in [-0.25, -0.2) is 4.79 Å². The van der Waals surface area contributed by atoms with Crippen LogP contribution in [0.3, 0.4) is 0 Å². The first-order valence-corrected chi connectivity index (χ1v) is 8.10. The first-order chi connectivity index (χ1) is 9.72. The van der Waals surface area contributed by atoms with E-state index in [9.17, 15) is 9.90 Å². The highest BCUT2D eigenvalue weighted by molar-refractivity contribution is 5.74. The van der Waals surface area contributed by atoms with E-state index in [4.69, 9.17) is 0 Å². The highest BCUT2D eigenvalue weighted by atomic mass is 16.3. The molecule has 1 aliphatic heterocycles. The zero-order chi connectivity index (χ0) is 14.4. The van der Waals surface area contributed by atoms with Crippen molar-refractivity contribution in [1.29, 1.82) is 0 Å². The Bertz CT molecular complexity index is 299. The molecule has 1 saturated carbocycles. The lowest BCUT2D eigenvalue weighted by atomic mass is 9.94. The Morgan fingerprint density at radius 1 is 1.20 bits per heavy atom. The van der Waals surface area contributed by atoms with Crippen molar-refractivity contribution in [2.45, 2.75) is 57.1 Å². The number of urea groups is 1. The van der Waals surface area contributed by atoms with Gasteiger partial charge in [-0.15, -0.1) is 0 Å². The molecule has 2 atom stereocenters. The van der Waals surface area contributed by atoms with Crippen molar-refractivity contribution in [2.75, 3.05) is 26.7 Å². The molecule has 0 bridgehead atoms. The molecule has 1 heterocycles. The average molecular weight is 283 g/mol. The van der Waals surface area contributed by atoms with Crippen molar-refractivity contribution >= 4 is 6.03 Å². The van der Waals surface area contributed by atoms with Gasteiger partial charge in [-0.05, 0) is 45.1 Å². The second-order valence-corrected chi connectivity index (χ2v) is 6.20. The summed E-state index contributed by atoms with van der Waals surface area (Å²) in [7, 11) is 1.86. The van der Waals surface area contributed by atoms with Gasteiger partial charge in [-0.3, -0.25) is 0 Å². The molecule has 0 aromatic carbocycles. The van der Waals surface area contributed by atoms with Gasteiger partial charge in [0.1, 0.15) is 0 Å². The second kappa shape index (κ2) is 7.84. The van der Waals surface area contributed by atoms with Crippen LogP contribution in [-0.4, -0.2) is 54.9 Å². The number of nitrogens with one attached hydrogen (secondary N) is 2. The highest BCUT2D eigenvalue weighted by Gasteiger charge is 2.31. The van der Waals surface area contributed by atoms with Gasteiger partial charge in [0.25, 0.3) is 0 Å². The van der Waals surface area contributed by atoms with E-state index in [0.29, 0.717) is 12.5 Å². The van der Waals surface area contributed by atoms with Crippen LogP contribution >= 0.6 is 0 Å². The predicted octanol–water partition coefficient (Wildman–Crippen LogP) is 1.32. The maximum absolute atomic E-state index is 12.3. The topological polar surface area (TPSA) is 64.6 Å². The third kappa shape index (κ3) is 4.09. The Hall–Kier alpha value is -0.810. The SMILES string of the molecule is CNC[C@@H](NC(=O)N1CCCCC1)[C@@H](O)C1CCCC1. The summed E-state index contributed by atoms with van der Waals surface area (Å²) in [6, 6.07) is -0.195. The Morgan fingerprint density at radius 2 is 1.85 bits per heavy atom. The van der Waals surface area contributed by atoms with E-state index >= 15 is 0 Å². The van der Waals surface area contributed by atoms with Gasteiger partial charge in [0, 0.05) is 19.6 Å². The number of piperidine rings is 1. The number of rotatable bonds is 5. The largest absolute Gasteiger partial charge is 0.391 e. The van der Waals surface area contributed by atoms with Gasteiger partial charge in [0.2, 0.25) is 0 Å². The number of likely N-dealkylation sites (tertiary alicyclic amines) is 1. The van der Waals surface area contributed by atoms with Gasteiger partial charge in [0.15, 0.2) is 0 Å². The summed E-state index contributed by atoms with van der Waals surface area (Å²) in [6.07, 6.45) is 7.54. The standard InChI is InChI=1S/C15H29N3O2/c1-16-11-13(14(19)12-7-3-4-8-12)17-15(20)18-9-5-2-6-10-18/h12-14,16,19H,2-11H2,1H3,(H,17,20)/t13-,14+/m1/s1. The molecule has 2 fully saturated rings. The smallest absolute Gasteiger partial charge is 0.317 e. The third-order valence-corrected chi connectivity index (χ3v) is 4.67. The molecular weight excluding hydrogens is 254 g/mol. The van der Waals surface area contributed by atoms with Crippen molar-refractivity contribution in [3.63, 3.8) is 0 Å². The molecule has 2 rings (SSSR count). The summed E-state index contributed by atoms with van der Waals surface area (Å²) >= 11 is 0. The fourth-order valence-electron chi connectivity index (χ4n) is 3.45. The molecule has 116 valence electrons. The van der Waals surface area contributed by atoms with Crippen molar-refractivity contribution in [1.82, 2.24) is 15.5 Å². The number of carbonyl (C=O) groups is 1. The monoisotopic (exact) mass is 283 g/mol. The molecular formula is C15H29N3O2. The van der Waals surface area contributed by atoms with E-state index < -0.39 is 6.10 Å². The first-order valence-electron chi connectivity index (χ1n) is 8.10. The van der Waals surface area contributed by atoms with Crippen LogP contribution in [0, 0.1) is 5.92 Å². The van der Waals surface area contributed by atoms with Crippen LogP contribution in [0.25, 0.3) is 0 Å². The molecule has 0 aromatic rings. The second-order valence-electron chi connectivity index (χ2n) is 6.20. The number of nitrogens with zero attached hydrogens (tertiary/aromatic N) is 1. The van der Waals surface area contributed by atoms with Crippen LogP contribution in [0.1, 0.15) is 44.9 Å². The zero-order valence-corrected chi connectivity index (χ0v) is 12.6. The number of amides is 2. The minimum absolute atomic E-state index is 0.0120. The van der Waals surface area contributed by atoms with Crippen LogP contribution in [-0.2, 0) is 0 Å². The quantitative estimate of drug-likeness (QED) is 0.713. The van der Waals surface area contributed by atoms with Gasteiger partial charge in [-0.2, -0.15) is 0 Å². The molecule has 5 nitrogen and oxygen atoms in total. The summed E-state index contributed by atoms with van der Waals surface area (Å²) in [5.41, 5.74) is 0. The van der Waals surface area contributed by atoms with E-state index in [1.807, 2.05) is 11.9 Å². The van der Waals surface area contributed by atoms with E-state index in [1.165, 1.54) is 19.3 Å². The molecule has 0 spiro atoms. The fraction of sp³-hybridized carbons (Fsp3) is 0.933. The van der Waals surface area contributed by atoms with Gasteiger partial charge >= 0.3 is 6.03 Å². The summed E-state index contributed by atoms with van der Waals surface area (Å²) in [4.78, 5) is 14.2. The third-order valence-electron chi connectivity index (χ3n) is 4.67. The van der Waals surface area contributed by atoms with E-state index in [0.717, 1.165) is 38.8 Å². The molecule has 2 amide bonds. The molecule has 2 aliphatic rings. The Morgan fingerprint density at radius 3 is 2.45 bits per heavy atom. The normalized spacial score (nSPS) is 23.6. The van der Waals surface area contributed by atoms with Gasteiger partial charge in [-0.1, -0.05) is 12.8 Å². The molecule has 1 aliphatic carbocycles. The maximum Gasteiger partial charge on any atom is 0.317 e. The lowest BCUT2D eigenvalue weighted by Gasteiger charge is -2.32. The lowest BCUT2D eigenvalue weighted by Crippen LogP contribution is -2.55. The molecule has 5 heteroatoms. The number of hydrogen-bond acceptors (Lipinski definition) is 3. The van der Waals surface area contributed by atoms with E-state index in [1.54, 1.807) is 0 Å². The number of likely N-dealkylation sites (N-methyl/N-ethyl adjacent to an activating group) is 1. The van der Waals surface area contributed by atoms with Crippen molar-refractivity contribution in [3.05, 3.63) is 0 Å². The van der Waals surface area contributed by atoms with Crippen LogP contribution in [0.5, 0.6) is 0 Å².